The van der Waals surface area contributed by atoms with E-state index in [1.807, 2.05) is 37.9 Å². The van der Waals surface area contributed by atoms with Gasteiger partial charge >= 0.3 is 0 Å². The molecule has 0 bridgehead atoms. The summed E-state index contributed by atoms with van der Waals surface area (Å²) in [5.41, 5.74) is 1.97. The van der Waals surface area contributed by atoms with Gasteiger partial charge in [-0.3, -0.25) is 14.5 Å². The average molecular weight is 440 g/mol. The second-order valence-electron chi connectivity index (χ2n) is 8.27. The Labute approximate surface area is 187 Å². The van der Waals surface area contributed by atoms with Gasteiger partial charge in [0.15, 0.2) is 0 Å². The molecule has 1 aromatic carbocycles. The summed E-state index contributed by atoms with van der Waals surface area (Å²) in [6, 6.07) is 8.92. The van der Waals surface area contributed by atoms with Crippen LogP contribution in [-0.4, -0.2) is 51.9 Å². The van der Waals surface area contributed by atoms with Gasteiger partial charge in [-0.1, -0.05) is 18.2 Å². The van der Waals surface area contributed by atoms with Crippen molar-refractivity contribution in [1.82, 2.24) is 25.5 Å². The van der Waals surface area contributed by atoms with E-state index in [-0.39, 0.29) is 30.8 Å². The lowest BCUT2D eigenvalue weighted by Gasteiger charge is -2.29. The van der Waals surface area contributed by atoms with Gasteiger partial charge in [0.25, 0.3) is 0 Å². The first-order valence-corrected chi connectivity index (χ1v) is 10.7. The third kappa shape index (κ3) is 5.70. The van der Waals surface area contributed by atoms with E-state index < -0.39 is 17.9 Å². The first-order valence-electron chi connectivity index (χ1n) is 10.7. The number of hydrogen-bond donors (Lipinski definition) is 3. The van der Waals surface area contributed by atoms with Crippen LogP contribution in [0.4, 0.5) is 4.39 Å². The summed E-state index contributed by atoms with van der Waals surface area (Å²) >= 11 is 0. The van der Waals surface area contributed by atoms with Crippen LogP contribution in [0.2, 0.25) is 0 Å². The Kier molecular flexibility index (Phi) is 7.58. The second-order valence-corrected chi connectivity index (χ2v) is 8.27. The van der Waals surface area contributed by atoms with Crippen LogP contribution in [0, 0.1) is 5.82 Å². The highest BCUT2D eigenvalue weighted by Gasteiger charge is 2.27. The van der Waals surface area contributed by atoms with Crippen LogP contribution in [-0.2, 0) is 22.6 Å². The predicted molar refractivity (Wildman–Crippen MR) is 122 cm³/mol. The van der Waals surface area contributed by atoms with Crippen LogP contribution < -0.4 is 10.6 Å². The number of likely N-dealkylation sites (N-methyl/N-ethyl adjacent to an activating group) is 1. The first kappa shape index (κ1) is 23.4. The molecule has 3 aromatic rings. The molecule has 7 nitrogen and oxygen atoms in total. The summed E-state index contributed by atoms with van der Waals surface area (Å²) in [4.78, 5) is 35.1. The lowest BCUT2D eigenvalue weighted by atomic mass is 10.0. The lowest BCUT2D eigenvalue weighted by Crippen LogP contribution is -2.53. The van der Waals surface area contributed by atoms with Gasteiger partial charge in [0.2, 0.25) is 11.8 Å². The van der Waals surface area contributed by atoms with E-state index in [9.17, 15) is 14.0 Å². The number of rotatable bonds is 9. The molecule has 0 aliphatic carbocycles. The van der Waals surface area contributed by atoms with Gasteiger partial charge in [-0.2, -0.15) is 0 Å². The van der Waals surface area contributed by atoms with Crippen molar-refractivity contribution in [1.29, 1.82) is 0 Å². The van der Waals surface area contributed by atoms with Crippen molar-refractivity contribution >= 4 is 22.8 Å². The third-order valence-electron chi connectivity index (χ3n) is 5.74. The molecule has 170 valence electrons. The molecule has 8 heteroatoms. The number of aromatic amines is 1. The Balaban J connectivity index is 1.73. The summed E-state index contributed by atoms with van der Waals surface area (Å²) in [5.74, 6) is -1.07. The van der Waals surface area contributed by atoms with E-state index in [4.69, 9.17) is 0 Å². The third-order valence-corrected chi connectivity index (χ3v) is 5.74. The SMILES string of the molecule is CC(C)N(C)[C@@H](C)C(=O)N[C@@H](Cc1ccccc1F)C(=O)NCc1cnc2[nH]ccc2c1. The molecule has 0 aliphatic rings. The van der Waals surface area contributed by atoms with Crippen LogP contribution >= 0.6 is 0 Å². The zero-order valence-corrected chi connectivity index (χ0v) is 18.9. The highest BCUT2D eigenvalue weighted by molar-refractivity contribution is 5.90. The van der Waals surface area contributed by atoms with Crippen LogP contribution in [0.5, 0.6) is 0 Å². The quantitative estimate of drug-likeness (QED) is 0.478. The number of fused-ring (bicyclic) bond motifs is 1. The van der Waals surface area contributed by atoms with Gasteiger partial charge in [0, 0.05) is 36.8 Å². The molecular weight excluding hydrogens is 409 g/mol. The molecule has 32 heavy (non-hydrogen) atoms. The van der Waals surface area contributed by atoms with Gasteiger partial charge in [0.05, 0.1) is 6.04 Å². The van der Waals surface area contributed by atoms with Crippen molar-refractivity contribution in [2.45, 2.75) is 51.9 Å². The topological polar surface area (TPSA) is 90.1 Å². The molecule has 0 unspecified atom stereocenters. The Morgan fingerprint density at radius 2 is 1.91 bits per heavy atom. The zero-order chi connectivity index (χ0) is 23.3. The largest absolute Gasteiger partial charge is 0.350 e. The molecule has 2 atom stereocenters. The van der Waals surface area contributed by atoms with Crippen LogP contribution in [0.15, 0.2) is 48.8 Å². The smallest absolute Gasteiger partial charge is 0.243 e. The van der Waals surface area contributed by atoms with E-state index in [2.05, 4.69) is 20.6 Å². The molecule has 2 aromatic heterocycles. The molecular formula is C24H30FN5O2. The standard InChI is InChI=1S/C24H30FN5O2/c1-15(2)30(4)16(3)23(31)29-21(12-18-7-5-6-8-20(18)25)24(32)28-14-17-11-19-9-10-26-22(19)27-13-17/h5-11,13,15-16,21H,12,14H2,1-4H3,(H,26,27)(H,28,32)(H,29,31)/t16-,21-/m0/s1. The average Bonchev–Trinajstić information content (AvgIpc) is 3.25. The number of benzene rings is 1. The molecule has 0 radical (unpaired) electrons. The maximum absolute atomic E-state index is 14.2. The Bertz CT molecular complexity index is 1080. The van der Waals surface area contributed by atoms with Gasteiger partial charge < -0.3 is 15.6 Å². The number of nitrogens with one attached hydrogen (secondary N) is 3. The molecule has 2 heterocycles. The fourth-order valence-corrected chi connectivity index (χ4v) is 3.41. The lowest BCUT2D eigenvalue weighted by molar-refractivity contribution is -0.131. The first-order chi connectivity index (χ1) is 15.3. The fraction of sp³-hybridized carbons (Fsp3) is 0.375. The number of amides is 2. The minimum absolute atomic E-state index is 0.0530. The maximum atomic E-state index is 14.2. The second kappa shape index (κ2) is 10.4. The monoisotopic (exact) mass is 439 g/mol. The van der Waals surface area contributed by atoms with Crippen molar-refractivity contribution in [2.75, 3.05) is 7.05 Å². The molecule has 0 saturated carbocycles. The molecule has 0 saturated heterocycles. The predicted octanol–water partition coefficient (Wildman–Crippen LogP) is 2.77. The summed E-state index contributed by atoms with van der Waals surface area (Å²) in [5, 5.41) is 6.60. The Morgan fingerprint density at radius 3 is 2.62 bits per heavy atom. The van der Waals surface area contributed by atoms with E-state index >= 15 is 0 Å². The number of halogens is 1. The van der Waals surface area contributed by atoms with E-state index in [0.29, 0.717) is 5.56 Å². The van der Waals surface area contributed by atoms with E-state index in [1.54, 1.807) is 37.5 Å². The van der Waals surface area contributed by atoms with Crippen LogP contribution in [0.1, 0.15) is 31.9 Å². The van der Waals surface area contributed by atoms with Crippen molar-refractivity contribution in [3.63, 3.8) is 0 Å². The normalized spacial score (nSPS) is 13.3. The highest BCUT2D eigenvalue weighted by Crippen LogP contribution is 2.13. The Hall–Kier alpha value is -3.26. The number of hydrogen-bond acceptors (Lipinski definition) is 4. The van der Waals surface area contributed by atoms with Crippen molar-refractivity contribution < 1.29 is 14.0 Å². The van der Waals surface area contributed by atoms with E-state index in [1.165, 1.54) is 6.07 Å². The summed E-state index contributed by atoms with van der Waals surface area (Å²) in [6.07, 6.45) is 3.54. The van der Waals surface area contributed by atoms with Gasteiger partial charge in [-0.15, -0.1) is 0 Å². The molecule has 3 rings (SSSR count). The summed E-state index contributed by atoms with van der Waals surface area (Å²) < 4.78 is 14.2. The van der Waals surface area contributed by atoms with Crippen LogP contribution in [0.3, 0.4) is 0 Å². The fourth-order valence-electron chi connectivity index (χ4n) is 3.41. The van der Waals surface area contributed by atoms with E-state index in [0.717, 1.165) is 16.6 Å². The van der Waals surface area contributed by atoms with Gasteiger partial charge in [0.1, 0.15) is 17.5 Å². The molecule has 2 amide bonds. The number of pyridine rings is 1. The van der Waals surface area contributed by atoms with Crippen molar-refractivity contribution in [3.8, 4) is 0 Å². The Morgan fingerprint density at radius 1 is 1.16 bits per heavy atom. The number of H-pyrrole nitrogens is 1. The molecule has 3 N–H and O–H groups in total. The van der Waals surface area contributed by atoms with Gasteiger partial charge in [-0.25, -0.2) is 9.37 Å². The van der Waals surface area contributed by atoms with Crippen LogP contribution in [0.25, 0.3) is 11.0 Å². The minimum atomic E-state index is -0.911. The highest BCUT2D eigenvalue weighted by atomic mass is 19.1. The van der Waals surface area contributed by atoms with Crippen molar-refractivity contribution in [2.24, 2.45) is 0 Å². The number of carbonyl (C=O) groups excluding carboxylic acids is 2. The number of carbonyl (C=O) groups is 2. The molecule has 0 aliphatic heterocycles. The number of aromatic nitrogens is 2. The molecule has 0 fully saturated rings. The number of nitrogens with zero attached hydrogens (tertiary/aromatic N) is 2. The van der Waals surface area contributed by atoms with Crippen molar-refractivity contribution in [3.05, 3.63) is 65.7 Å². The summed E-state index contributed by atoms with van der Waals surface area (Å²) in [6.45, 7) is 6.01. The minimum Gasteiger partial charge on any atom is -0.350 e. The zero-order valence-electron chi connectivity index (χ0n) is 18.9. The summed E-state index contributed by atoms with van der Waals surface area (Å²) in [7, 11) is 1.85. The van der Waals surface area contributed by atoms with Gasteiger partial charge in [-0.05, 0) is 57.1 Å². The maximum Gasteiger partial charge on any atom is 0.243 e. The molecule has 0 spiro atoms.